The van der Waals surface area contributed by atoms with Crippen molar-refractivity contribution in [2.45, 2.75) is 31.9 Å². The lowest BCUT2D eigenvalue weighted by Gasteiger charge is -2.20. The average molecular weight is 173 g/mol. The molecule has 1 rings (SSSR count). The molecular formula is C9H19NO2. The summed E-state index contributed by atoms with van der Waals surface area (Å²) in [7, 11) is 4.22. The maximum Gasteiger partial charge on any atom is 0.147 e. The summed E-state index contributed by atoms with van der Waals surface area (Å²) in [6.45, 7) is 3.50. The smallest absolute Gasteiger partial charge is 0.147 e. The van der Waals surface area contributed by atoms with Gasteiger partial charge in [0.2, 0.25) is 0 Å². The highest BCUT2D eigenvalue weighted by molar-refractivity contribution is 4.66. The molecule has 0 aromatic heterocycles. The maximum atomic E-state index is 5.34. The van der Waals surface area contributed by atoms with Crippen LogP contribution in [0.1, 0.15) is 19.8 Å². The summed E-state index contributed by atoms with van der Waals surface area (Å²) in [5, 5.41) is 0. The summed E-state index contributed by atoms with van der Waals surface area (Å²) in [6, 6.07) is 0.634. The van der Waals surface area contributed by atoms with Crippen LogP contribution in [0.3, 0.4) is 0 Å². The standard InChI is InChI=1S/C9H19NO2/c1-8(10(2)3)4-5-9-6-11-7-12-9/h8-9H,4-7H2,1-3H3. The second kappa shape index (κ2) is 4.80. The third kappa shape index (κ3) is 3.09. The number of hydrogen-bond donors (Lipinski definition) is 0. The Labute approximate surface area is 74.6 Å². The van der Waals surface area contributed by atoms with Gasteiger partial charge in [-0.3, -0.25) is 0 Å². The summed E-state index contributed by atoms with van der Waals surface area (Å²) in [5.74, 6) is 0. The molecule has 0 N–H and O–H groups in total. The van der Waals surface area contributed by atoms with E-state index in [1.54, 1.807) is 0 Å². The first-order chi connectivity index (χ1) is 5.70. The molecule has 0 aromatic rings. The van der Waals surface area contributed by atoms with Gasteiger partial charge < -0.3 is 14.4 Å². The zero-order valence-corrected chi connectivity index (χ0v) is 8.25. The van der Waals surface area contributed by atoms with E-state index in [0.717, 1.165) is 13.0 Å². The molecule has 0 aromatic carbocycles. The van der Waals surface area contributed by atoms with Gasteiger partial charge in [-0.15, -0.1) is 0 Å². The molecule has 2 atom stereocenters. The highest BCUT2D eigenvalue weighted by Crippen LogP contribution is 2.12. The van der Waals surface area contributed by atoms with E-state index in [0.29, 0.717) is 18.9 Å². The van der Waals surface area contributed by atoms with Gasteiger partial charge in [-0.05, 0) is 33.9 Å². The molecule has 0 saturated carbocycles. The van der Waals surface area contributed by atoms with Gasteiger partial charge in [0.15, 0.2) is 0 Å². The maximum absolute atomic E-state index is 5.34. The largest absolute Gasteiger partial charge is 0.353 e. The third-order valence-electron chi connectivity index (χ3n) is 2.48. The molecule has 3 heteroatoms. The van der Waals surface area contributed by atoms with Crippen molar-refractivity contribution in [1.82, 2.24) is 4.90 Å². The molecule has 1 fully saturated rings. The molecule has 1 aliphatic rings. The Morgan fingerprint density at radius 2 is 2.25 bits per heavy atom. The van der Waals surface area contributed by atoms with Crippen molar-refractivity contribution in [3.05, 3.63) is 0 Å². The molecule has 0 radical (unpaired) electrons. The van der Waals surface area contributed by atoms with E-state index in [4.69, 9.17) is 9.47 Å². The molecule has 1 aliphatic heterocycles. The lowest BCUT2D eigenvalue weighted by atomic mass is 10.1. The van der Waals surface area contributed by atoms with Crippen molar-refractivity contribution < 1.29 is 9.47 Å². The van der Waals surface area contributed by atoms with Crippen molar-refractivity contribution in [3.8, 4) is 0 Å². The van der Waals surface area contributed by atoms with Gasteiger partial charge in [0.25, 0.3) is 0 Å². The van der Waals surface area contributed by atoms with E-state index in [2.05, 4.69) is 25.9 Å². The Balaban J connectivity index is 2.07. The molecule has 0 spiro atoms. The van der Waals surface area contributed by atoms with Gasteiger partial charge >= 0.3 is 0 Å². The summed E-state index contributed by atoms with van der Waals surface area (Å²) in [5.41, 5.74) is 0. The fourth-order valence-electron chi connectivity index (χ4n) is 1.22. The van der Waals surface area contributed by atoms with E-state index < -0.39 is 0 Å². The van der Waals surface area contributed by atoms with E-state index in [1.165, 1.54) is 6.42 Å². The Morgan fingerprint density at radius 3 is 2.75 bits per heavy atom. The van der Waals surface area contributed by atoms with Crippen LogP contribution in [0, 0.1) is 0 Å². The Kier molecular flexibility index (Phi) is 3.98. The minimum Gasteiger partial charge on any atom is -0.353 e. The van der Waals surface area contributed by atoms with Crippen LogP contribution in [-0.4, -0.2) is 44.5 Å². The highest BCUT2D eigenvalue weighted by atomic mass is 16.7. The molecule has 0 bridgehead atoms. The Hall–Kier alpha value is -0.120. The second-order valence-corrected chi connectivity index (χ2v) is 3.67. The fraction of sp³-hybridized carbons (Fsp3) is 1.00. The van der Waals surface area contributed by atoms with Crippen molar-refractivity contribution in [3.63, 3.8) is 0 Å². The van der Waals surface area contributed by atoms with Gasteiger partial charge in [-0.2, -0.15) is 0 Å². The van der Waals surface area contributed by atoms with Gasteiger partial charge in [-0.25, -0.2) is 0 Å². The van der Waals surface area contributed by atoms with Crippen LogP contribution >= 0.6 is 0 Å². The molecule has 12 heavy (non-hydrogen) atoms. The van der Waals surface area contributed by atoms with Crippen LogP contribution in [0.2, 0.25) is 0 Å². The molecule has 1 heterocycles. The molecule has 1 saturated heterocycles. The SMILES string of the molecule is CC(CCC1COCO1)N(C)C. The molecule has 72 valence electrons. The van der Waals surface area contributed by atoms with Crippen molar-refractivity contribution in [1.29, 1.82) is 0 Å². The van der Waals surface area contributed by atoms with Crippen LogP contribution in [-0.2, 0) is 9.47 Å². The monoisotopic (exact) mass is 173 g/mol. The third-order valence-corrected chi connectivity index (χ3v) is 2.48. The number of rotatable bonds is 4. The molecule has 2 unspecified atom stereocenters. The lowest BCUT2D eigenvalue weighted by molar-refractivity contribution is 0.0425. The zero-order valence-electron chi connectivity index (χ0n) is 8.25. The van der Waals surface area contributed by atoms with Crippen molar-refractivity contribution in [2.24, 2.45) is 0 Å². The van der Waals surface area contributed by atoms with Crippen molar-refractivity contribution >= 4 is 0 Å². The second-order valence-electron chi connectivity index (χ2n) is 3.67. The summed E-state index contributed by atoms with van der Waals surface area (Å²) in [4.78, 5) is 2.23. The van der Waals surface area contributed by atoms with Gasteiger partial charge in [-0.1, -0.05) is 0 Å². The van der Waals surface area contributed by atoms with E-state index in [9.17, 15) is 0 Å². The Morgan fingerprint density at radius 1 is 1.50 bits per heavy atom. The van der Waals surface area contributed by atoms with Gasteiger partial charge in [0.05, 0.1) is 12.7 Å². The molecule has 0 aliphatic carbocycles. The summed E-state index contributed by atoms with van der Waals surface area (Å²) < 4.78 is 10.5. The quantitative estimate of drug-likeness (QED) is 0.635. The Bertz CT molecular complexity index is 120. The van der Waals surface area contributed by atoms with Crippen molar-refractivity contribution in [2.75, 3.05) is 27.5 Å². The minimum absolute atomic E-state index is 0.340. The molecule has 3 nitrogen and oxygen atoms in total. The summed E-state index contributed by atoms with van der Waals surface area (Å²) in [6.07, 6.45) is 2.63. The lowest BCUT2D eigenvalue weighted by Crippen LogP contribution is -2.26. The normalized spacial score (nSPS) is 26.5. The van der Waals surface area contributed by atoms with Crippen LogP contribution in [0.15, 0.2) is 0 Å². The van der Waals surface area contributed by atoms with Gasteiger partial charge in [0, 0.05) is 6.04 Å². The topological polar surface area (TPSA) is 21.7 Å². The number of nitrogens with zero attached hydrogens (tertiary/aromatic N) is 1. The molecule has 0 amide bonds. The van der Waals surface area contributed by atoms with Crippen LogP contribution < -0.4 is 0 Å². The predicted octanol–water partition coefficient (Wildman–Crippen LogP) is 1.09. The van der Waals surface area contributed by atoms with E-state index >= 15 is 0 Å². The first-order valence-electron chi connectivity index (χ1n) is 4.56. The van der Waals surface area contributed by atoms with Crippen LogP contribution in [0.25, 0.3) is 0 Å². The van der Waals surface area contributed by atoms with Crippen LogP contribution in [0.5, 0.6) is 0 Å². The number of ether oxygens (including phenoxy) is 2. The van der Waals surface area contributed by atoms with Crippen LogP contribution in [0.4, 0.5) is 0 Å². The zero-order chi connectivity index (χ0) is 8.97. The number of hydrogen-bond acceptors (Lipinski definition) is 3. The average Bonchev–Trinajstić information content (AvgIpc) is 2.51. The first kappa shape index (κ1) is 9.96. The van der Waals surface area contributed by atoms with E-state index in [1.807, 2.05) is 0 Å². The minimum atomic E-state index is 0.340. The first-order valence-corrected chi connectivity index (χ1v) is 4.56. The van der Waals surface area contributed by atoms with Gasteiger partial charge in [0.1, 0.15) is 6.79 Å². The summed E-state index contributed by atoms with van der Waals surface area (Å²) >= 11 is 0. The van der Waals surface area contributed by atoms with E-state index in [-0.39, 0.29) is 0 Å². The fourth-order valence-corrected chi connectivity index (χ4v) is 1.22. The molecular weight excluding hydrogens is 154 g/mol. The predicted molar refractivity (Wildman–Crippen MR) is 48.1 cm³/mol. The highest BCUT2D eigenvalue weighted by Gasteiger charge is 2.17.